The van der Waals surface area contributed by atoms with Crippen molar-refractivity contribution in [3.05, 3.63) is 58.6 Å². The summed E-state index contributed by atoms with van der Waals surface area (Å²) in [5.41, 5.74) is 6.88. The van der Waals surface area contributed by atoms with Gasteiger partial charge in [0.25, 0.3) is 5.91 Å². The van der Waals surface area contributed by atoms with E-state index in [4.69, 9.17) is 22.1 Å². The number of hydrogen-bond acceptors (Lipinski definition) is 5. The third-order valence-electron chi connectivity index (χ3n) is 3.12. The second kappa shape index (κ2) is 7.61. The van der Waals surface area contributed by atoms with Crippen molar-refractivity contribution in [1.29, 1.82) is 0 Å². The highest BCUT2D eigenvalue weighted by molar-refractivity contribution is 6.31. The number of nitrogens with two attached hydrogens (primary N) is 1. The Hall–Kier alpha value is -2.86. The van der Waals surface area contributed by atoms with Gasteiger partial charge in [0.1, 0.15) is 0 Å². The molecule has 1 amide bonds. The van der Waals surface area contributed by atoms with E-state index in [0.29, 0.717) is 16.3 Å². The van der Waals surface area contributed by atoms with E-state index in [-0.39, 0.29) is 17.0 Å². The van der Waals surface area contributed by atoms with Gasteiger partial charge in [0.2, 0.25) is 0 Å². The van der Waals surface area contributed by atoms with Gasteiger partial charge in [0, 0.05) is 22.0 Å². The van der Waals surface area contributed by atoms with E-state index >= 15 is 0 Å². The smallest absolute Gasteiger partial charge is 0.340 e. The Kier molecular flexibility index (Phi) is 5.55. The van der Waals surface area contributed by atoms with Crippen molar-refractivity contribution >= 4 is 40.6 Å². The lowest BCUT2D eigenvalue weighted by atomic mass is 10.1. The van der Waals surface area contributed by atoms with Gasteiger partial charge in [-0.3, -0.25) is 9.59 Å². The van der Waals surface area contributed by atoms with Gasteiger partial charge in [-0.2, -0.15) is 0 Å². The van der Waals surface area contributed by atoms with E-state index < -0.39 is 18.5 Å². The first-order chi connectivity index (χ1) is 11.4. The van der Waals surface area contributed by atoms with Crippen LogP contribution in [0.15, 0.2) is 42.5 Å². The molecule has 124 valence electrons. The van der Waals surface area contributed by atoms with Crippen molar-refractivity contribution < 1.29 is 19.1 Å². The highest BCUT2D eigenvalue weighted by Crippen LogP contribution is 2.18. The number of benzene rings is 2. The lowest BCUT2D eigenvalue weighted by molar-refractivity contribution is -0.119. The van der Waals surface area contributed by atoms with Gasteiger partial charge in [-0.1, -0.05) is 23.7 Å². The van der Waals surface area contributed by atoms with Crippen LogP contribution in [0.1, 0.15) is 27.6 Å². The number of ketones is 1. The molecule has 7 heteroatoms. The summed E-state index contributed by atoms with van der Waals surface area (Å²) >= 11 is 5.80. The summed E-state index contributed by atoms with van der Waals surface area (Å²) in [7, 11) is 0. The minimum absolute atomic E-state index is 0.0916. The van der Waals surface area contributed by atoms with Crippen molar-refractivity contribution in [2.24, 2.45) is 0 Å². The van der Waals surface area contributed by atoms with Gasteiger partial charge >= 0.3 is 5.97 Å². The van der Waals surface area contributed by atoms with Gasteiger partial charge in [0.15, 0.2) is 12.4 Å². The molecule has 2 rings (SSSR count). The molecular formula is C17H15ClN2O4. The van der Waals surface area contributed by atoms with Gasteiger partial charge in [-0.25, -0.2) is 4.79 Å². The Morgan fingerprint density at radius 1 is 1.17 bits per heavy atom. The molecule has 24 heavy (non-hydrogen) atoms. The summed E-state index contributed by atoms with van der Waals surface area (Å²) in [6, 6.07) is 10.8. The average Bonchev–Trinajstić information content (AvgIpc) is 2.55. The molecule has 3 N–H and O–H groups in total. The van der Waals surface area contributed by atoms with Crippen molar-refractivity contribution in [3.8, 4) is 0 Å². The maximum absolute atomic E-state index is 11.9. The number of nitrogens with one attached hydrogen (secondary N) is 1. The largest absolute Gasteiger partial charge is 0.452 e. The number of Topliss-reactive ketones (excluding diaryl/α,β-unsaturated/α-hetero) is 1. The van der Waals surface area contributed by atoms with Crippen LogP contribution >= 0.6 is 11.6 Å². The van der Waals surface area contributed by atoms with E-state index in [1.807, 2.05) is 0 Å². The van der Waals surface area contributed by atoms with E-state index in [9.17, 15) is 14.4 Å². The molecule has 0 fully saturated rings. The van der Waals surface area contributed by atoms with Crippen LogP contribution in [-0.2, 0) is 9.53 Å². The predicted molar refractivity (Wildman–Crippen MR) is 91.2 cm³/mol. The Balaban J connectivity index is 1.96. The van der Waals surface area contributed by atoms with Gasteiger partial charge in [-0.05, 0) is 37.3 Å². The van der Waals surface area contributed by atoms with Gasteiger partial charge in [-0.15, -0.1) is 0 Å². The molecule has 0 aliphatic heterocycles. The van der Waals surface area contributed by atoms with Gasteiger partial charge in [0.05, 0.1) is 5.56 Å². The molecule has 2 aromatic carbocycles. The van der Waals surface area contributed by atoms with Crippen LogP contribution in [0.25, 0.3) is 0 Å². The third-order valence-corrected chi connectivity index (χ3v) is 3.36. The first-order valence-electron chi connectivity index (χ1n) is 7.00. The third kappa shape index (κ3) is 4.57. The number of amides is 1. The Labute approximate surface area is 143 Å². The fraction of sp³-hybridized carbons (Fsp3) is 0.118. The van der Waals surface area contributed by atoms with Crippen LogP contribution in [0.5, 0.6) is 0 Å². The predicted octanol–water partition coefficient (Wildman–Crippen LogP) is 2.92. The van der Waals surface area contributed by atoms with E-state index in [1.54, 1.807) is 24.3 Å². The molecule has 0 bridgehead atoms. The van der Waals surface area contributed by atoms with Crippen molar-refractivity contribution in [1.82, 2.24) is 0 Å². The van der Waals surface area contributed by atoms with Crippen molar-refractivity contribution in [2.75, 3.05) is 17.7 Å². The number of esters is 1. The van der Waals surface area contributed by atoms with Crippen LogP contribution in [0.2, 0.25) is 5.02 Å². The summed E-state index contributed by atoms with van der Waals surface area (Å²) in [5, 5.41) is 2.88. The minimum Gasteiger partial charge on any atom is -0.452 e. The van der Waals surface area contributed by atoms with Crippen LogP contribution in [0.3, 0.4) is 0 Å². The van der Waals surface area contributed by atoms with E-state index in [0.717, 1.165) is 0 Å². The summed E-state index contributed by atoms with van der Waals surface area (Å²) in [6.45, 7) is 0.938. The maximum atomic E-state index is 11.9. The first kappa shape index (κ1) is 17.5. The number of ether oxygens (including phenoxy) is 1. The Morgan fingerprint density at radius 3 is 2.62 bits per heavy atom. The molecule has 0 saturated carbocycles. The summed E-state index contributed by atoms with van der Waals surface area (Å²) in [5.74, 6) is -1.40. The number of rotatable bonds is 5. The molecule has 0 heterocycles. The van der Waals surface area contributed by atoms with Crippen molar-refractivity contribution in [3.63, 3.8) is 0 Å². The fourth-order valence-corrected chi connectivity index (χ4v) is 2.10. The molecule has 0 saturated heterocycles. The monoisotopic (exact) mass is 346 g/mol. The van der Waals surface area contributed by atoms with Crippen molar-refractivity contribution in [2.45, 2.75) is 6.92 Å². The molecule has 0 aliphatic carbocycles. The van der Waals surface area contributed by atoms with Crippen LogP contribution in [0.4, 0.5) is 11.4 Å². The number of halogens is 1. The molecular weight excluding hydrogens is 332 g/mol. The summed E-state index contributed by atoms with van der Waals surface area (Å²) in [4.78, 5) is 35.1. The molecule has 0 radical (unpaired) electrons. The molecule has 0 unspecified atom stereocenters. The highest BCUT2D eigenvalue weighted by Gasteiger charge is 2.14. The number of carbonyl (C=O) groups excluding carboxylic acids is 3. The van der Waals surface area contributed by atoms with Crippen LogP contribution in [0, 0.1) is 0 Å². The topological polar surface area (TPSA) is 98.5 Å². The quantitative estimate of drug-likeness (QED) is 0.492. The average molecular weight is 347 g/mol. The SMILES string of the molecule is CC(=O)c1cccc(NC(=O)COC(=O)c2cc(Cl)ccc2N)c1. The molecule has 6 nitrogen and oxygen atoms in total. The fourth-order valence-electron chi connectivity index (χ4n) is 1.93. The number of anilines is 2. The zero-order chi connectivity index (χ0) is 17.7. The zero-order valence-corrected chi connectivity index (χ0v) is 13.6. The molecule has 0 aromatic heterocycles. The number of hydrogen-bond donors (Lipinski definition) is 2. The zero-order valence-electron chi connectivity index (χ0n) is 12.8. The summed E-state index contributed by atoms with van der Waals surface area (Å²) in [6.07, 6.45) is 0. The number of nitrogen functional groups attached to an aromatic ring is 1. The number of carbonyl (C=O) groups is 3. The second-order valence-electron chi connectivity index (χ2n) is 4.99. The Bertz CT molecular complexity index is 805. The van der Waals surface area contributed by atoms with Crippen LogP contribution < -0.4 is 11.1 Å². The Morgan fingerprint density at radius 2 is 1.92 bits per heavy atom. The molecule has 0 aliphatic rings. The lowest BCUT2D eigenvalue weighted by Crippen LogP contribution is -2.21. The second-order valence-corrected chi connectivity index (χ2v) is 5.43. The standard InChI is InChI=1S/C17H15ClN2O4/c1-10(21)11-3-2-4-13(7-11)20-16(22)9-24-17(23)14-8-12(18)5-6-15(14)19/h2-8H,9,19H2,1H3,(H,20,22). The van der Waals surface area contributed by atoms with E-state index in [2.05, 4.69) is 5.32 Å². The summed E-state index contributed by atoms with van der Waals surface area (Å²) < 4.78 is 4.92. The minimum atomic E-state index is -0.748. The lowest BCUT2D eigenvalue weighted by Gasteiger charge is -2.09. The van der Waals surface area contributed by atoms with Gasteiger partial charge < -0.3 is 15.8 Å². The van der Waals surface area contributed by atoms with Crippen LogP contribution in [-0.4, -0.2) is 24.3 Å². The van der Waals surface area contributed by atoms with E-state index in [1.165, 1.54) is 25.1 Å². The normalized spacial score (nSPS) is 10.1. The molecule has 0 spiro atoms. The molecule has 0 atom stereocenters. The molecule has 2 aromatic rings. The highest BCUT2D eigenvalue weighted by atomic mass is 35.5. The maximum Gasteiger partial charge on any atom is 0.340 e. The first-order valence-corrected chi connectivity index (χ1v) is 7.37.